The first-order valence-corrected chi connectivity index (χ1v) is 7.72. The fourth-order valence-corrected chi connectivity index (χ4v) is 2.47. The van der Waals surface area contributed by atoms with Crippen molar-refractivity contribution in [2.24, 2.45) is 0 Å². The molecule has 0 aromatic carbocycles. The van der Waals surface area contributed by atoms with Crippen LogP contribution in [0.2, 0.25) is 0 Å². The third-order valence-corrected chi connectivity index (χ3v) is 3.80. The summed E-state index contributed by atoms with van der Waals surface area (Å²) in [6.07, 6.45) is 7.27. The van der Waals surface area contributed by atoms with Gasteiger partial charge in [0.05, 0.1) is 17.6 Å². The number of nitrogens with zero attached hydrogens (tertiary/aromatic N) is 2. The second kappa shape index (κ2) is 6.90. The lowest BCUT2D eigenvalue weighted by Gasteiger charge is -2.24. The van der Waals surface area contributed by atoms with Crippen LogP contribution in [-0.2, 0) is 0 Å². The smallest absolute Gasteiger partial charge is 0.0572 e. The molecule has 1 aliphatic rings. The van der Waals surface area contributed by atoms with E-state index < -0.39 is 0 Å². The molecular formula is C16H27N3. The quantitative estimate of drug-likeness (QED) is 0.776. The van der Waals surface area contributed by atoms with Gasteiger partial charge in [-0.1, -0.05) is 20.3 Å². The van der Waals surface area contributed by atoms with Crippen molar-refractivity contribution in [3.8, 4) is 0 Å². The van der Waals surface area contributed by atoms with Crippen LogP contribution in [0.4, 0.5) is 5.69 Å². The van der Waals surface area contributed by atoms with Gasteiger partial charge in [0.15, 0.2) is 0 Å². The minimum absolute atomic E-state index is 0.337. The Morgan fingerprint density at radius 2 is 2.16 bits per heavy atom. The van der Waals surface area contributed by atoms with Crippen LogP contribution < -0.4 is 10.2 Å². The third kappa shape index (κ3) is 3.93. The second-order valence-corrected chi connectivity index (χ2v) is 5.50. The molecule has 0 spiro atoms. The Kier molecular flexibility index (Phi) is 5.20. The van der Waals surface area contributed by atoms with Gasteiger partial charge in [-0.05, 0) is 44.9 Å². The van der Waals surface area contributed by atoms with Gasteiger partial charge in [-0.2, -0.15) is 0 Å². The van der Waals surface area contributed by atoms with E-state index in [2.05, 4.69) is 54.3 Å². The molecule has 19 heavy (non-hydrogen) atoms. The standard InChI is InChI=1S/C16H27N3/c1-4-6-11-19(14-7-8-14)15-9-10-16(18-12-15)13(3)17-5-2/h9-10,12-14,17H,4-8,11H2,1-3H3. The Morgan fingerprint density at radius 3 is 2.68 bits per heavy atom. The predicted octanol–water partition coefficient (Wildman–Crippen LogP) is 3.52. The topological polar surface area (TPSA) is 28.2 Å². The molecule has 0 amide bonds. The molecule has 1 saturated carbocycles. The number of aromatic nitrogens is 1. The van der Waals surface area contributed by atoms with Gasteiger partial charge in [0.25, 0.3) is 0 Å². The minimum atomic E-state index is 0.337. The van der Waals surface area contributed by atoms with Gasteiger partial charge in [0.2, 0.25) is 0 Å². The zero-order valence-electron chi connectivity index (χ0n) is 12.5. The first-order valence-electron chi connectivity index (χ1n) is 7.72. The summed E-state index contributed by atoms with van der Waals surface area (Å²) in [4.78, 5) is 7.17. The first-order chi connectivity index (χ1) is 9.26. The summed E-state index contributed by atoms with van der Waals surface area (Å²) in [7, 11) is 0. The highest BCUT2D eigenvalue weighted by molar-refractivity contribution is 5.47. The van der Waals surface area contributed by atoms with Gasteiger partial charge in [-0.25, -0.2) is 0 Å². The third-order valence-electron chi connectivity index (χ3n) is 3.80. The van der Waals surface area contributed by atoms with Crippen molar-refractivity contribution in [2.45, 2.75) is 58.5 Å². The van der Waals surface area contributed by atoms with E-state index in [1.807, 2.05) is 0 Å². The Bertz CT molecular complexity index is 370. The van der Waals surface area contributed by atoms with E-state index in [0.717, 1.165) is 18.3 Å². The fraction of sp³-hybridized carbons (Fsp3) is 0.688. The van der Waals surface area contributed by atoms with E-state index in [-0.39, 0.29) is 0 Å². The largest absolute Gasteiger partial charge is 0.367 e. The van der Waals surface area contributed by atoms with E-state index in [0.29, 0.717) is 6.04 Å². The van der Waals surface area contributed by atoms with E-state index in [4.69, 9.17) is 0 Å². The Balaban J connectivity index is 2.02. The highest BCUT2D eigenvalue weighted by Crippen LogP contribution is 2.31. The lowest BCUT2D eigenvalue weighted by atomic mass is 10.2. The summed E-state index contributed by atoms with van der Waals surface area (Å²) in [5.41, 5.74) is 2.43. The molecule has 1 aromatic rings. The van der Waals surface area contributed by atoms with Crippen molar-refractivity contribution in [1.29, 1.82) is 0 Å². The van der Waals surface area contributed by atoms with Gasteiger partial charge >= 0.3 is 0 Å². The van der Waals surface area contributed by atoms with Gasteiger partial charge in [-0.15, -0.1) is 0 Å². The van der Waals surface area contributed by atoms with Gasteiger partial charge in [-0.3, -0.25) is 4.98 Å². The van der Waals surface area contributed by atoms with Crippen molar-refractivity contribution in [1.82, 2.24) is 10.3 Å². The maximum absolute atomic E-state index is 4.63. The molecule has 1 N–H and O–H groups in total. The normalized spacial score (nSPS) is 16.4. The van der Waals surface area contributed by atoms with Crippen LogP contribution in [-0.4, -0.2) is 24.1 Å². The Hall–Kier alpha value is -1.09. The number of rotatable bonds is 8. The summed E-state index contributed by atoms with van der Waals surface area (Å²) in [6.45, 7) is 8.70. The number of pyridine rings is 1. The molecule has 1 aromatic heterocycles. The predicted molar refractivity (Wildman–Crippen MR) is 81.6 cm³/mol. The summed E-state index contributed by atoms with van der Waals surface area (Å²) < 4.78 is 0. The first kappa shape index (κ1) is 14.3. The molecule has 106 valence electrons. The van der Waals surface area contributed by atoms with Crippen LogP contribution in [0, 0.1) is 0 Å². The Morgan fingerprint density at radius 1 is 1.37 bits per heavy atom. The number of unbranched alkanes of at least 4 members (excludes halogenated alkanes) is 1. The monoisotopic (exact) mass is 261 g/mol. The van der Waals surface area contributed by atoms with Gasteiger partial charge in [0, 0.05) is 18.6 Å². The number of hydrogen-bond donors (Lipinski definition) is 1. The van der Waals surface area contributed by atoms with E-state index in [1.54, 1.807) is 0 Å². The summed E-state index contributed by atoms with van der Waals surface area (Å²) in [5.74, 6) is 0. The van der Waals surface area contributed by atoms with Crippen molar-refractivity contribution >= 4 is 5.69 Å². The lowest BCUT2D eigenvalue weighted by molar-refractivity contribution is 0.583. The maximum Gasteiger partial charge on any atom is 0.0572 e. The second-order valence-electron chi connectivity index (χ2n) is 5.50. The molecule has 1 atom stereocenters. The van der Waals surface area contributed by atoms with Gasteiger partial charge in [0.1, 0.15) is 0 Å². The van der Waals surface area contributed by atoms with Crippen LogP contribution in [0.25, 0.3) is 0 Å². The molecule has 2 rings (SSSR count). The van der Waals surface area contributed by atoms with Gasteiger partial charge < -0.3 is 10.2 Å². The average Bonchev–Trinajstić information content (AvgIpc) is 3.25. The van der Waals surface area contributed by atoms with Crippen molar-refractivity contribution in [2.75, 3.05) is 18.0 Å². The number of hydrogen-bond acceptors (Lipinski definition) is 3. The molecule has 0 aliphatic heterocycles. The van der Waals surface area contributed by atoms with Crippen LogP contribution in [0.3, 0.4) is 0 Å². The molecule has 1 aliphatic carbocycles. The number of nitrogens with one attached hydrogen (secondary N) is 1. The van der Waals surface area contributed by atoms with Crippen molar-refractivity contribution in [3.05, 3.63) is 24.0 Å². The molecule has 1 fully saturated rings. The maximum atomic E-state index is 4.63. The molecule has 0 radical (unpaired) electrons. The van der Waals surface area contributed by atoms with Crippen LogP contribution in [0.15, 0.2) is 18.3 Å². The molecule has 1 heterocycles. The lowest BCUT2D eigenvalue weighted by Crippen LogP contribution is -2.27. The molecule has 1 unspecified atom stereocenters. The average molecular weight is 261 g/mol. The van der Waals surface area contributed by atoms with Crippen LogP contribution in [0.5, 0.6) is 0 Å². The SMILES string of the molecule is CCCCN(c1ccc(C(C)NCC)nc1)C1CC1. The van der Waals surface area contributed by atoms with E-state index in [9.17, 15) is 0 Å². The summed E-state index contributed by atoms with van der Waals surface area (Å²) in [5, 5.41) is 3.40. The highest BCUT2D eigenvalue weighted by atomic mass is 15.2. The zero-order chi connectivity index (χ0) is 13.7. The van der Waals surface area contributed by atoms with Crippen molar-refractivity contribution in [3.63, 3.8) is 0 Å². The molecule has 0 bridgehead atoms. The molecular weight excluding hydrogens is 234 g/mol. The van der Waals surface area contributed by atoms with Crippen molar-refractivity contribution < 1.29 is 0 Å². The summed E-state index contributed by atoms with van der Waals surface area (Å²) >= 11 is 0. The summed E-state index contributed by atoms with van der Waals surface area (Å²) in [6, 6.07) is 5.52. The highest BCUT2D eigenvalue weighted by Gasteiger charge is 2.28. The minimum Gasteiger partial charge on any atom is -0.367 e. The van der Waals surface area contributed by atoms with Crippen LogP contribution in [0.1, 0.15) is 58.2 Å². The fourth-order valence-electron chi connectivity index (χ4n) is 2.47. The van der Waals surface area contributed by atoms with E-state index in [1.165, 1.54) is 37.9 Å². The van der Waals surface area contributed by atoms with Crippen LogP contribution >= 0.6 is 0 Å². The zero-order valence-corrected chi connectivity index (χ0v) is 12.5. The molecule has 3 heteroatoms. The Labute approximate surface area is 117 Å². The molecule has 0 saturated heterocycles. The van der Waals surface area contributed by atoms with E-state index >= 15 is 0 Å². The molecule has 3 nitrogen and oxygen atoms in total. The number of anilines is 1.